The summed E-state index contributed by atoms with van der Waals surface area (Å²) in [6.45, 7) is 0. The van der Waals surface area contributed by atoms with Crippen molar-refractivity contribution in [2.24, 2.45) is 4.99 Å². The number of phenols is 1. The van der Waals surface area contributed by atoms with Crippen LogP contribution < -0.4 is 4.74 Å². The lowest BCUT2D eigenvalue weighted by atomic mass is 10.1. The van der Waals surface area contributed by atoms with Crippen LogP contribution in [-0.2, 0) is 0 Å². The number of hydrogen-bond donors (Lipinski definition) is 1. The van der Waals surface area contributed by atoms with E-state index in [0.717, 1.165) is 10.8 Å². The molecule has 3 nitrogen and oxygen atoms in total. The molecule has 0 unspecified atom stereocenters. The van der Waals surface area contributed by atoms with Gasteiger partial charge in [0.1, 0.15) is 17.2 Å². The maximum atomic E-state index is 10.4. The van der Waals surface area contributed by atoms with Gasteiger partial charge in [-0.2, -0.15) is 0 Å². The van der Waals surface area contributed by atoms with Gasteiger partial charge in [-0.25, -0.2) is 0 Å². The van der Waals surface area contributed by atoms with E-state index in [1.807, 2.05) is 36.4 Å². The number of rotatable bonds is 3. The van der Waals surface area contributed by atoms with E-state index in [2.05, 4.69) is 4.99 Å². The van der Waals surface area contributed by atoms with Crippen molar-refractivity contribution in [3.05, 3.63) is 65.2 Å². The van der Waals surface area contributed by atoms with E-state index >= 15 is 0 Å². The fourth-order valence-corrected chi connectivity index (χ4v) is 2.45. The molecule has 0 atom stereocenters. The number of nitrogens with zero attached hydrogens (tertiary/aromatic N) is 1. The molecule has 4 heteroatoms. The molecule has 0 saturated heterocycles. The third-order valence-corrected chi connectivity index (χ3v) is 3.65. The standard InChI is InChI=1S/C18H14ClNO2/c1-22-17-9-8-14(19)10-16(17)20-11-13-7-6-12-4-2-3-5-15(12)18(13)21/h2-11,21H,1H3. The normalized spacial score (nSPS) is 11.2. The highest BCUT2D eigenvalue weighted by molar-refractivity contribution is 6.30. The number of phenolic OH excluding ortho intramolecular Hbond substituents is 1. The second-order valence-corrected chi connectivity index (χ2v) is 5.24. The van der Waals surface area contributed by atoms with Crippen molar-refractivity contribution in [1.29, 1.82) is 0 Å². The van der Waals surface area contributed by atoms with Gasteiger partial charge in [0, 0.05) is 22.2 Å². The van der Waals surface area contributed by atoms with Crippen LogP contribution in [0.1, 0.15) is 5.56 Å². The molecule has 0 aliphatic rings. The minimum atomic E-state index is 0.211. The average molecular weight is 312 g/mol. The molecule has 0 aliphatic carbocycles. The van der Waals surface area contributed by atoms with Crippen LogP contribution in [0, 0.1) is 0 Å². The van der Waals surface area contributed by atoms with Crippen molar-refractivity contribution in [2.45, 2.75) is 0 Å². The molecule has 1 N–H and O–H groups in total. The van der Waals surface area contributed by atoms with Gasteiger partial charge in [0.25, 0.3) is 0 Å². The highest BCUT2D eigenvalue weighted by atomic mass is 35.5. The van der Waals surface area contributed by atoms with Gasteiger partial charge in [0.05, 0.1) is 7.11 Å². The Hall–Kier alpha value is -2.52. The number of hydrogen-bond acceptors (Lipinski definition) is 3. The molecule has 0 spiro atoms. The summed E-state index contributed by atoms with van der Waals surface area (Å²) in [4.78, 5) is 4.38. The summed E-state index contributed by atoms with van der Waals surface area (Å²) >= 11 is 5.99. The smallest absolute Gasteiger partial charge is 0.144 e. The number of aromatic hydroxyl groups is 1. The maximum Gasteiger partial charge on any atom is 0.144 e. The first-order valence-electron chi connectivity index (χ1n) is 6.77. The molecule has 0 bridgehead atoms. The lowest BCUT2D eigenvalue weighted by molar-refractivity contribution is 0.416. The van der Waals surface area contributed by atoms with E-state index in [9.17, 15) is 5.11 Å². The Bertz CT molecular complexity index is 859. The molecule has 0 heterocycles. The SMILES string of the molecule is COc1ccc(Cl)cc1N=Cc1ccc2ccccc2c1O. The van der Waals surface area contributed by atoms with Crippen LogP contribution in [0.2, 0.25) is 5.02 Å². The Kier molecular flexibility index (Phi) is 3.98. The van der Waals surface area contributed by atoms with Gasteiger partial charge >= 0.3 is 0 Å². The summed E-state index contributed by atoms with van der Waals surface area (Å²) in [7, 11) is 1.58. The van der Waals surface area contributed by atoms with Crippen LogP contribution in [0.15, 0.2) is 59.6 Å². The number of halogens is 1. The van der Waals surface area contributed by atoms with Crippen molar-refractivity contribution in [3.63, 3.8) is 0 Å². The highest BCUT2D eigenvalue weighted by Gasteiger charge is 2.05. The molecule has 3 aromatic carbocycles. The molecule has 0 fully saturated rings. The van der Waals surface area contributed by atoms with E-state index in [1.54, 1.807) is 31.5 Å². The van der Waals surface area contributed by atoms with Crippen LogP contribution in [0.25, 0.3) is 10.8 Å². The second kappa shape index (κ2) is 6.08. The first-order valence-corrected chi connectivity index (χ1v) is 7.15. The number of fused-ring (bicyclic) bond motifs is 1. The van der Waals surface area contributed by atoms with Gasteiger partial charge in [-0.1, -0.05) is 41.9 Å². The number of benzene rings is 3. The monoisotopic (exact) mass is 311 g/mol. The zero-order valence-electron chi connectivity index (χ0n) is 12.0. The lowest BCUT2D eigenvalue weighted by Gasteiger charge is -2.06. The fourth-order valence-electron chi connectivity index (χ4n) is 2.28. The predicted molar refractivity (Wildman–Crippen MR) is 90.9 cm³/mol. The predicted octanol–water partition coefficient (Wildman–Crippen LogP) is 4.96. The van der Waals surface area contributed by atoms with Crippen LogP contribution in [0.3, 0.4) is 0 Å². The van der Waals surface area contributed by atoms with Crippen molar-refractivity contribution in [1.82, 2.24) is 0 Å². The van der Waals surface area contributed by atoms with Gasteiger partial charge in [0.2, 0.25) is 0 Å². The Labute approximate surface area is 133 Å². The van der Waals surface area contributed by atoms with Gasteiger partial charge in [0.15, 0.2) is 0 Å². The molecule has 110 valence electrons. The van der Waals surface area contributed by atoms with Crippen molar-refractivity contribution < 1.29 is 9.84 Å². The zero-order chi connectivity index (χ0) is 15.5. The van der Waals surface area contributed by atoms with Crippen LogP contribution in [0.4, 0.5) is 5.69 Å². The van der Waals surface area contributed by atoms with Gasteiger partial charge < -0.3 is 9.84 Å². The van der Waals surface area contributed by atoms with Crippen LogP contribution >= 0.6 is 11.6 Å². The maximum absolute atomic E-state index is 10.4. The second-order valence-electron chi connectivity index (χ2n) is 4.80. The largest absolute Gasteiger partial charge is 0.507 e. The van der Waals surface area contributed by atoms with Crippen molar-refractivity contribution in [2.75, 3.05) is 7.11 Å². The molecule has 0 amide bonds. The van der Waals surface area contributed by atoms with Crippen LogP contribution in [0.5, 0.6) is 11.5 Å². The molecular formula is C18H14ClNO2. The molecule has 3 aromatic rings. The van der Waals surface area contributed by atoms with E-state index < -0.39 is 0 Å². The minimum absolute atomic E-state index is 0.211. The summed E-state index contributed by atoms with van der Waals surface area (Å²) in [5.74, 6) is 0.837. The third kappa shape index (κ3) is 2.76. The van der Waals surface area contributed by atoms with E-state index in [0.29, 0.717) is 22.0 Å². The number of ether oxygens (including phenoxy) is 1. The molecule has 0 aliphatic heterocycles. The summed E-state index contributed by atoms with van der Waals surface area (Å²) in [6.07, 6.45) is 1.61. The van der Waals surface area contributed by atoms with E-state index in [-0.39, 0.29) is 5.75 Å². The van der Waals surface area contributed by atoms with E-state index in [4.69, 9.17) is 16.3 Å². The Balaban J connectivity index is 2.03. The van der Waals surface area contributed by atoms with Gasteiger partial charge in [-0.05, 0) is 29.7 Å². The topological polar surface area (TPSA) is 41.8 Å². The summed E-state index contributed by atoms with van der Waals surface area (Å²) in [5.41, 5.74) is 1.25. The molecular weight excluding hydrogens is 298 g/mol. The first-order chi connectivity index (χ1) is 10.7. The Morgan fingerprint density at radius 2 is 1.91 bits per heavy atom. The van der Waals surface area contributed by atoms with Gasteiger partial charge in [-0.15, -0.1) is 0 Å². The highest BCUT2D eigenvalue weighted by Crippen LogP contribution is 2.32. The summed E-state index contributed by atoms with van der Waals surface area (Å²) < 4.78 is 5.25. The molecule has 0 radical (unpaired) electrons. The van der Waals surface area contributed by atoms with Crippen molar-refractivity contribution in [3.8, 4) is 11.5 Å². The summed E-state index contributed by atoms with van der Waals surface area (Å²) in [5, 5.41) is 12.7. The minimum Gasteiger partial charge on any atom is -0.507 e. The van der Waals surface area contributed by atoms with Crippen LogP contribution in [-0.4, -0.2) is 18.4 Å². The van der Waals surface area contributed by atoms with E-state index in [1.165, 1.54) is 0 Å². The molecule has 0 saturated carbocycles. The first kappa shape index (κ1) is 14.4. The summed E-state index contributed by atoms with van der Waals surface area (Å²) in [6, 6.07) is 16.7. The number of methoxy groups -OCH3 is 1. The number of aliphatic imine (C=N–C) groups is 1. The fraction of sp³-hybridized carbons (Fsp3) is 0.0556. The molecule has 0 aromatic heterocycles. The Morgan fingerprint density at radius 1 is 1.09 bits per heavy atom. The van der Waals surface area contributed by atoms with Crippen molar-refractivity contribution >= 4 is 34.3 Å². The zero-order valence-corrected chi connectivity index (χ0v) is 12.7. The van der Waals surface area contributed by atoms with Gasteiger partial charge in [-0.3, -0.25) is 4.99 Å². The average Bonchev–Trinajstić information content (AvgIpc) is 2.55. The molecule has 3 rings (SSSR count). The Morgan fingerprint density at radius 3 is 2.73 bits per heavy atom. The third-order valence-electron chi connectivity index (χ3n) is 3.42. The lowest BCUT2D eigenvalue weighted by Crippen LogP contribution is -1.86. The molecule has 22 heavy (non-hydrogen) atoms. The quantitative estimate of drug-likeness (QED) is 0.695.